The summed E-state index contributed by atoms with van der Waals surface area (Å²) in [4.78, 5) is 13.3. The maximum atomic E-state index is 12.3. The molecule has 1 rings (SSSR count). The summed E-state index contributed by atoms with van der Waals surface area (Å²) in [5.74, 6) is 1.95. The summed E-state index contributed by atoms with van der Waals surface area (Å²) in [6.45, 7) is 0. The van der Waals surface area contributed by atoms with Crippen molar-refractivity contribution in [1.29, 1.82) is 0 Å². The standard InChI is InChI=1S/C6H3F6N5O/c7-5(8,9)1-2(6(10,11)12)16-17-3(14-1)4(18)15-13/h13H2,(H,15,18). The number of amides is 1. The Morgan fingerprint density at radius 2 is 1.50 bits per heavy atom. The second kappa shape index (κ2) is 4.36. The molecule has 0 aliphatic carbocycles. The van der Waals surface area contributed by atoms with Gasteiger partial charge < -0.3 is 0 Å². The van der Waals surface area contributed by atoms with Crippen LogP contribution in [0.2, 0.25) is 0 Å². The maximum absolute atomic E-state index is 12.3. The van der Waals surface area contributed by atoms with E-state index in [-0.39, 0.29) is 0 Å². The third kappa shape index (κ3) is 2.82. The topological polar surface area (TPSA) is 93.8 Å². The van der Waals surface area contributed by atoms with E-state index in [1.807, 2.05) is 0 Å². The van der Waals surface area contributed by atoms with E-state index in [9.17, 15) is 31.1 Å². The quantitative estimate of drug-likeness (QED) is 0.337. The molecule has 0 aromatic carbocycles. The summed E-state index contributed by atoms with van der Waals surface area (Å²) >= 11 is 0. The molecule has 0 radical (unpaired) electrons. The van der Waals surface area contributed by atoms with Crippen LogP contribution in [0.25, 0.3) is 0 Å². The lowest BCUT2D eigenvalue weighted by atomic mass is 10.3. The van der Waals surface area contributed by atoms with E-state index < -0.39 is 35.5 Å². The zero-order valence-electron chi connectivity index (χ0n) is 8.10. The minimum Gasteiger partial charge on any atom is -0.287 e. The van der Waals surface area contributed by atoms with Gasteiger partial charge in [0.15, 0.2) is 11.4 Å². The first kappa shape index (κ1) is 14.1. The second-order valence-electron chi connectivity index (χ2n) is 2.80. The summed E-state index contributed by atoms with van der Waals surface area (Å²) in [5.41, 5.74) is -3.32. The van der Waals surface area contributed by atoms with Crippen LogP contribution in [-0.4, -0.2) is 21.1 Å². The Morgan fingerprint density at radius 3 is 1.89 bits per heavy atom. The number of nitrogens with one attached hydrogen (secondary N) is 1. The Morgan fingerprint density at radius 1 is 1.00 bits per heavy atom. The highest BCUT2D eigenvalue weighted by Crippen LogP contribution is 2.37. The first-order valence-corrected chi connectivity index (χ1v) is 3.97. The molecule has 0 aliphatic rings. The number of rotatable bonds is 1. The van der Waals surface area contributed by atoms with Crippen molar-refractivity contribution in [3.63, 3.8) is 0 Å². The van der Waals surface area contributed by atoms with Crippen molar-refractivity contribution in [2.75, 3.05) is 0 Å². The number of hydrazine groups is 1. The summed E-state index contributed by atoms with van der Waals surface area (Å²) in [7, 11) is 0. The molecule has 12 heteroatoms. The minimum absolute atomic E-state index is 1.22. The lowest BCUT2D eigenvalue weighted by Crippen LogP contribution is -2.33. The molecule has 1 amide bonds. The average molecular weight is 275 g/mol. The van der Waals surface area contributed by atoms with Gasteiger partial charge in [-0.15, -0.1) is 10.2 Å². The van der Waals surface area contributed by atoms with Crippen LogP contribution in [0.3, 0.4) is 0 Å². The van der Waals surface area contributed by atoms with Crippen LogP contribution in [0.1, 0.15) is 22.0 Å². The van der Waals surface area contributed by atoms with E-state index in [1.165, 1.54) is 5.43 Å². The van der Waals surface area contributed by atoms with Crippen LogP contribution in [0, 0.1) is 0 Å². The van der Waals surface area contributed by atoms with Crippen LogP contribution in [0.5, 0.6) is 0 Å². The third-order valence-corrected chi connectivity index (χ3v) is 1.56. The van der Waals surface area contributed by atoms with Crippen molar-refractivity contribution in [2.24, 2.45) is 5.84 Å². The van der Waals surface area contributed by atoms with Gasteiger partial charge in [0, 0.05) is 0 Å². The molecule has 1 aromatic rings. The molecule has 0 spiro atoms. The molecule has 0 fully saturated rings. The van der Waals surface area contributed by atoms with Gasteiger partial charge in [-0.25, -0.2) is 10.8 Å². The Hall–Kier alpha value is -1.98. The maximum Gasteiger partial charge on any atom is 0.437 e. The molecule has 3 N–H and O–H groups in total. The molecule has 1 heterocycles. The Labute approximate surface area is 94.2 Å². The number of halogens is 6. The van der Waals surface area contributed by atoms with Crippen LogP contribution in [-0.2, 0) is 12.4 Å². The van der Waals surface area contributed by atoms with E-state index >= 15 is 0 Å². The molecular formula is C6H3F6N5O. The van der Waals surface area contributed by atoms with Crippen LogP contribution >= 0.6 is 0 Å². The third-order valence-electron chi connectivity index (χ3n) is 1.56. The molecule has 0 aliphatic heterocycles. The van der Waals surface area contributed by atoms with Gasteiger partial charge in [0.2, 0.25) is 5.82 Å². The monoisotopic (exact) mass is 275 g/mol. The molecule has 100 valence electrons. The van der Waals surface area contributed by atoms with Gasteiger partial charge >= 0.3 is 18.3 Å². The zero-order valence-corrected chi connectivity index (χ0v) is 8.10. The summed E-state index contributed by atoms with van der Waals surface area (Å²) in [6, 6.07) is 0. The largest absolute Gasteiger partial charge is 0.437 e. The van der Waals surface area contributed by atoms with Crippen LogP contribution < -0.4 is 11.3 Å². The molecule has 18 heavy (non-hydrogen) atoms. The first-order valence-electron chi connectivity index (χ1n) is 3.97. The van der Waals surface area contributed by atoms with E-state index in [2.05, 4.69) is 21.0 Å². The van der Waals surface area contributed by atoms with Gasteiger partial charge in [-0.2, -0.15) is 26.3 Å². The number of nitrogens with zero attached hydrogens (tertiary/aromatic N) is 3. The van der Waals surface area contributed by atoms with Crippen molar-refractivity contribution < 1.29 is 31.1 Å². The number of carbonyl (C=O) groups excluding carboxylic acids is 1. The molecule has 6 nitrogen and oxygen atoms in total. The van der Waals surface area contributed by atoms with Gasteiger partial charge in [0.1, 0.15) is 0 Å². The number of alkyl halides is 6. The van der Waals surface area contributed by atoms with Crippen LogP contribution in [0.15, 0.2) is 0 Å². The van der Waals surface area contributed by atoms with Crippen molar-refractivity contribution in [3.8, 4) is 0 Å². The number of aromatic nitrogens is 3. The normalized spacial score (nSPS) is 12.4. The Bertz CT molecular complexity index is 469. The zero-order chi connectivity index (χ0) is 14.1. The highest BCUT2D eigenvalue weighted by atomic mass is 19.4. The molecule has 0 saturated carbocycles. The van der Waals surface area contributed by atoms with E-state index in [4.69, 9.17) is 0 Å². The van der Waals surface area contributed by atoms with E-state index in [0.29, 0.717) is 0 Å². The molecule has 0 atom stereocenters. The van der Waals surface area contributed by atoms with Crippen LogP contribution in [0.4, 0.5) is 26.3 Å². The highest BCUT2D eigenvalue weighted by Gasteiger charge is 2.47. The average Bonchev–Trinajstić information content (AvgIpc) is 2.24. The molecule has 0 bridgehead atoms. The molecule has 0 saturated heterocycles. The number of hydrogen-bond donors (Lipinski definition) is 2. The predicted molar refractivity (Wildman–Crippen MR) is 41.5 cm³/mol. The lowest BCUT2D eigenvalue weighted by Gasteiger charge is -2.12. The smallest absolute Gasteiger partial charge is 0.287 e. The number of carbonyl (C=O) groups is 1. The SMILES string of the molecule is NNC(=O)c1nnc(C(F)(F)F)c(C(F)(F)F)n1. The number of nitrogens with two attached hydrogens (primary N) is 1. The Balaban J connectivity index is 3.45. The fourth-order valence-electron chi connectivity index (χ4n) is 0.875. The highest BCUT2D eigenvalue weighted by molar-refractivity contribution is 5.89. The molecule has 1 aromatic heterocycles. The predicted octanol–water partition coefficient (Wildman–Crippen LogP) is 0.513. The first-order chi connectivity index (χ1) is 8.07. The van der Waals surface area contributed by atoms with Gasteiger partial charge in [-0.3, -0.25) is 10.2 Å². The molecule has 0 unspecified atom stereocenters. The lowest BCUT2D eigenvalue weighted by molar-refractivity contribution is -0.168. The second-order valence-corrected chi connectivity index (χ2v) is 2.80. The summed E-state index contributed by atoms with van der Waals surface area (Å²) in [6.07, 6.45) is -10.8. The van der Waals surface area contributed by atoms with Crippen molar-refractivity contribution in [1.82, 2.24) is 20.6 Å². The van der Waals surface area contributed by atoms with E-state index in [0.717, 1.165) is 0 Å². The fraction of sp³-hybridized carbons (Fsp3) is 0.333. The summed E-state index contributed by atoms with van der Waals surface area (Å²) < 4.78 is 73.7. The number of hydrogen-bond acceptors (Lipinski definition) is 5. The van der Waals surface area contributed by atoms with Gasteiger partial charge in [0.05, 0.1) is 0 Å². The number of nitrogen functional groups attached to an aromatic ring is 1. The van der Waals surface area contributed by atoms with Gasteiger partial charge in [-0.1, -0.05) is 0 Å². The van der Waals surface area contributed by atoms with Crippen molar-refractivity contribution in [2.45, 2.75) is 12.4 Å². The van der Waals surface area contributed by atoms with Crippen molar-refractivity contribution in [3.05, 3.63) is 17.2 Å². The van der Waals surface area contributed by atoms with E-state index in [1.54, 1.807) is 0 Å². The van der Waals surface area contributed by atoms with Gasteiger partial charge in [0.25, 0.3) is 0 Å². The molecular weight excluding hydrogens is 272 g/mol. The van der Waals surface area contributed by atoms with Gasteiger partial charge in [-0.05, 0) is 0 Å². The summed E-state index contributed by atoms with van der Waals surface area (Å²) in [5, 5.41) is 4.93. The fourth-order valence-corrected chi connectivity index (χ4v) is 0.875. The Kier molecular flexibility index (Phi) is 3.41. The minimum atomic E-state index is -5.44. The van der Waals surface area contributed by atoms with Crippen molar-refractivity contribution >= 4 is 5.91 Å².